The highest BCUT2D eigenvalue weighted by atomic mass is 14.8. The van der Waals surface area contributed by atoms with Crippen LogP contribution in [0.15, 0.2) is 97.1 Å². The lowest BCUT2D eigenvalue weighted by Crippen LogP contribution is -1.97. The van der Waals surface area contributed by atoms with Crippen molar-refractivity contribution in [2.45, 2.75) is 13.8 Å². The Balaban J connectivity index is 1.81. The molecule has 0 spiro atoms. The number of hydrogen-bond donors (Lipinski definition) is 0. The van der Waals surface area contributed by atoms with Crippen LogP contribution in [0, 0.1) is 13.8 Å². The lowest BCUT2D eigenvalue weighted by atomic mass is 9.90. The van der Waals surface area contributed by atoms with Gasteiger partial charge in [-0.2, -0.15) is 0 Å². The molecule has 7 rings (SSSR count). The van der Waals surface area contributed by atoms with Gasteiger partial charge in [0.25, 0.3) is 0 Å². The number of aromatic nitrogens is 2. The normalized spacial score (nSPS) is 11.8. The molecule has 7 aromatic rings. The molecule has 0 atom stereocenters. The standard InChI is InChI=1S/C32H22N2/c1-19-14-17-28-27(18-19)32-29(20(2)33-28)30(25-13-7-10-21-8-3-5-11-23(21)25)26-16-15-22-9-4-6-12-24(22)31(26)34-32/h3-18H,1-2H3. The van der Waals surface area contributed by atoms with Gasteiger partial charge >= 0.3 is 0 Å². The Morgan fingerprint density at radius 1 is 0.529 bits per heavy atom. The molecule has 0 unspecified atom stereocenters. The first-order valence-electron chi connectivity index (χ1n) is 11.7. The fraction of sp³-hybridized carbons (Fsp3) is 0.0625. The van der Waals surface area contributed by atoms with Crippen LogP contribution in [0.2, 0.25) is 0 Å². The van der Waals surface area contributed by atoms with E-state index >= 15 is 0 Å². The summed E-state index contributed by atoms with van der Waals surface area (Å²) in [6.45, 7) is 4.25. The Hall–Kier alpha value is -4.30. The third-order valence-corrected chi connectivity index (χ3v) is 7.00. The van der Waals surface area contributed by atoms with Crippen molar-refractivity contribution in [2.75, 3.05) is 0 Å². The highest BCUT2D eigenvalue weighted by Crippen LogP contribution is 2.42. The summed E-state index contributed by atoms with van der Waals surface area (Å²) in [5.41, 5.74) is 7.73. The van der Waals surface area contributed by atoms with Crippen molar-refractivity contribution in [1.29, 1.82) is 0 Å². The van der Waals surface area contributed by atoms with Crippen molar-refractivity contribution in [3.63, 3.8) is 0 Å². The number of benzene rings is 5. The van der Waals surface area contributed by atoms with Crippen molar-refractivity contribution in [2.24, 2.45) is 0 Å². The van der Waals surface area contributed by atoms with Crippen molar-refractivity contribution >= 4 is 54.3 Å². The monoisotopic (exact) mass is 434 g/mol. The molecule has 0 saturated heterocycles. The first-order chi connectivity index (χ1) is 16.7. The van der Waals surface area contributed by atoms with Crippen LogP contribution in [0.1, 0.15) is 11.3 Å². The molecule has 2 heterocycles. The number of hydrogen-bond acceptors (Lipinski definition) is 2. The molecular weight excluding hydrogens is 412 g/mol. The minimum absolute atomic E-state index is 0.992. The average Bonchev–Trinajstić information content (AvgIpc) is 2.87. The highest BCUT2D eigenvalue weighted by Gasteiger charge is 2.19. The van der Waals surface area contributed by atoms with Crippen LogP contribution in [-0.4, -0.2) is 9.97 Å². The maximum atomic E-state index is 5.36. The molecule has 2 aromatic heterocycles. The van der Waals surface area contributed by atoms with Gasteiger partial charge in [-0.15, -0.1) is 0 Å². The van der Waals surface area contributed by atoms with Crippen molar-refractivity contribution in [3.05, 3.63) is 108 Å². The summed E-state index contributed by atoms with van der Waals surface area (Å²) in [7, 11) is 0. The Labute approximate surface area is 197 Å². The van der Waals surface area contributed by atoms with Crippen LogP contribution >= 0.6 is 0 Å². The Morgan fingerprint density at radius 2 is 1.26 bits per heavy atom. The molecule has 2 heteroatoms. The van der Waals surface area contributed by atoms with Crippen LogP contribution in [0.3, 0.4) is 0 Å². The van der Waals surface area contributed by atoms with Crippen molar-refractivity contribution < 1.29 is 0 Å². The second kappa shape index (κ2) is 7.10. The second-order valence-electron chi connectivity index (χ2n) is 9.14. The zero-order valence-electron chi connectivity index (χ0n) is 19.1. The van der Waals surface area contributed by atoms with E-state index in [2.05, 4.69) is 111 Å². The number of aryl methyl sites for hydroxylation is 2. The van der Waals surface area contributed by atoms with Gasteiger partial charge < -0.3 is 0 Å². The number of rotatable bonds is 1. The van der Waals surface area contributed by atoms with Crippen molar-refractivity contribution in [1.82, 2.24) is 9.97 Å². The lowest BCUT2D eigenvalue weighted by Gasteiger charge is -2.17. The van der Waals surface area contributed by atoms with Gasteiger partial charge in [-0.1, -0.05) is 90.5 Å². The predicted octanol–water partition coefficient (Wildman–Crippen LogP) is 8.53. The van der Waals surface area contributed by atoms with Crippen molar-refractivity contribution in [3.8, 4) is 11.1 Å². The minimum atomic E-state index is 0.992. The maximum absolute atomic E-state index is 5.36. The number of fused-ring (bicyclic) bond motifs is 7. The van der Waals surface area contributed by atoms with E-state index in [1.54, 1.807) is 0 Å². The zero-order valence-corrected chi connectivity index (χ0v) is 19.1. The van der Waals surface area contributed by atoms with E-state index in [1.807, 2.05) is 0 Å². The SMILES string of the molecule is Cc1ccc2nc(C)c3c(-c4cccc5ccccc45)c4ccc5ccccc5c4nc3c2c1. The van der Waals surface area contributed by atoms with Crippen LogP contribution in [-0.2, 0) is 0 Å². The maximum Gasteiger partial charge on any atom is 0.0828 e. The minimum Gasteiger partial charge on any atom is -0.252 e. The molecule has 0 bridgehead atoms. The van der Waals surface area contributed by atoms with E-state index in [-0.39, 0.29) is 0 Å². The molecule has 0 saturated carbocycles. The van der Waals surface area contributed by atoms with Gasteiger partial charge in [-0.25, -0.2) is 4.98 Å². The van der Waals surface area contributed by atoms with Gasteiger partial charge in [-0.3, -0.25) is 4.98 Å². The topological polar surface area (TPSA) is 25.8 Å². The average molecular weight is 435 g/mol. The van der Waals surface area contributed by atoms with Crippen LogP contribution in [0.25, 0.3) is 65.4 Å². The summed E-state index contributed by atoms with van der Waals surface area (Å²) in [4.78, 5) is 10.4. The third kappa shape index (κ3) is 2.69. The molecule has 0 aliphatic carbocycles. The van der Waals surface area contributed by atoms with Gasteiger partial charge in [-0.05, 0) is 47.7 Å². The van der Waals surface area contributed by atoms with E-state index in [4.69, 9.17) is 9.97 Å². The zero-order chi connectivity index (χ0) is 22.8. The largest absolute Gasteiger partial charge is 0.252 e. The summed E-state index contributed by atoms with van der Waals surface area (Å²) in [6.07, 6.45) is 0. The molecule has 0 aliphatic heterocycles. The van der Waals surface area contributed by atoms with E-state index in [0.717, 1.165) is 33.0 Å². The predicted molar refractivity (Wildman–Crippen MR) is 144 cm³/mol. The van der Waals surface area contributed by atoms with E-state index in [9.17, 15) is 0 Å². The Morgan fingerprint density at radius 3 is 2.12 bits per heavy atom. The molecule has 5 aromatic carbocycles. The molecule has 0 amide bonds. The summed E-state index contributed by atoms with van der Waals surface area (Å²) in [5, 5.41) is 8.28. The Kier molecular flexibility index (Phi) is 4.01. The quantitative estimate of drug-likeness (QED) is 0.191. The van der Waals surface area contributed by atoms with Crippen LogP contribution < -0.4 is 0 Å². The van der Waals surface area contributed by atoms with Gasteiger partial charge in [0.15, 0.2) is 0 Å². The highest BCUT2D eigenvalue weighted by molar-refractivity contribution is 6.23. The fourth-order valence-electron chi connectivity index (χ4n) is 5.44. The second-order valence-corrected chi connectivity index (χ2v) is 9.14. The number of nitrogens with zero attached hydrogens (tertiary/aromatic N) is 2. The van der Waals surface area contributed by atoms with Crippen LogP contribution in [0.4, 0.5) is 0 Å². The lowest BCUT2D eigenvalue weighted by molar-refractivity contribution is 1.28. The Bertz CT molecular complexity index is 1930. The summed E-state index contributed by atoms with van der Waals surface area (Å²) in [5.74, 6) is 0. The molecule has 34 heavy (non-hydrogen) atoms. The number of pyridine rings is 2. The summed E-state index contributed by atoms with van der Waals surface area (Å²) < 4.78 is 0. The van der Waals surface area contributed by atoms with E-state index < -0.39 is 0 Å². The first-order valence-corrected chi connectivity index (χ1v) is 11.7. The molecule has 2 nitrogen and oxygen atoms in total. The van der Waals surface area contributed by atoms with Gasteiger partial charge in [0.2, 0.25) is 0 Å². The molecular formula is C32H22N2. The van der Waals surface area contributed by atoms with Gasteiger partial charge in [0, 0.05) is 32.8 Å². The molecule has 0 radical (unpaired) electrons. The van der Waals surface area contributed by atoms with E-state index in [0.29, 0.717) is 0 Å². The van der Waals surface area contributed by atoms with E-state index in [1.165, 1.54) is 43.6 Å². The molecule has 0 N–H and O–H groups in total. The molecule has 0 aliphatic rings. The van der Waals surface area contributed by atoms with Crippen LogP contribution in [0.5, 0.6) is 0 Å². The fourth-order valence-corrected chi connectivity index (χ4v) is 5.44. The van der Waals surface area contributed by atoms with Gasteiger partial charge in [0.05, 0.1) is 16.6 Å². The molecule has 160 valence electrons. The summed E-state index contributed by atoms with van der Waals surface area (Å²) >= 11 is 0. The third-order valence-electron chi connectivity index (χ3n) is 7.00. The summed E-state index contributed by atoms with van der Waals surface area (Å²) in [6, 6.07) is 34.7. The smallest absolute Gasteiger partial charge is 0.0828 e. The molecule has 0 fully saturated rings. The first kappa shape index (κ1) is 19.2. The van der Waals surface area contributed by atoms with Gasteiger partial charge in [0.1, 0.15) is 0 Å².